The van der Waals surface area contributed by atoms with E-state index in [9.17, 15) is 8.42 Å². The second kappa shape index (κ2) is 6.12. The zero-order valence-corrected chi connectivity index (χ0v) is 13.9. The Morgan fingerprint density at radius 3 is 2.35 bits per heavy atom. The first-order chi connectivity index (χ1) is 11.0. The molecule has 0 unspecified atom stereocenters. The van der Waals surface area contributed by atoms with Crippen molar-refractivity contribution in [2.75, 3.05) is 28.4 Å². The van der Waals surface area contributed by atoms with Crippen LogP contribution in [0.4, 0.5) is 17.1 Å². The monoisotopic (exact) mass is 331 g/mol. The lowest BCUT2D eigenvalue weighted by molar-refractivity contribution is 0.601. The molecule has 0 bridgehead atoms. The number of sulfonamides is 1. The minimum atomic E-state index is -3.69. The molecule has 122 valence electrons. The molecular weight excluding hydrogens is 310 g/mol. The standard InChI is InChI=1S/C17H21N3O2S/c1-13-4-7-15(8-5-13)19-23(21,22)17-12-14(18)6-9-16(17)20-10-2-3-11-20/h4-9,12,19H,2-3,10-11,18H2,1H3. The molecule has 23 heavy (non-hydrogen) atoms. The fraction of sp³-hybridized carbons (Fsp3) is 0.294. The summed E-state index contributed by atoms with van der Waals surface area (Å²) in [5, 5.41) is 0. The molecule has 1 aliphatic heterocycles. The fourth-order valence-electron chi connectivity index (χ4n) is 2.80. The lowest BCUT2D eigenvalue weighted by Crippen LogP contribution is -2.23. The summed E-state index contributed by atoms with van der Waals surface area (Å²) in [6.07, 6.45) is 2.16. The van der Waals surface area contributed by atoms with E-state index in [0.29, 0.717) is 11.4 Å². The van der Waals surface area contributed by atoms with Gasteiger partial charge in [-0.15, -0.1) is 0 Å². The topological polar surface area (TPSA) is 75.4 Å². The van der Waals surface area contributed by atoms with E-state index in [4.69, 9.17) is 5.73 Å². The van der Waals surface area contributed by atoms with E-state index in [2.05, 4.69) is 9.62 Å². The van der Waals surface area contributed by atoms with E-state index in [0.717, 1.165) is 37.2 Å². The van der Waals surface area contributed by atoms with Gasteiger partial charge >= 0.3 is 0 Å². The molecule has 2 aromatic rings. The summed E-state index contributed by atoms with van der Waals surface area (Å²) in [6, 6.07) is 12.3. The molecule has 5 nitrogen and oxygen atoms in total. The maximum absolute atomic E-state index is 12.8. The zero-order valence-electron chi connectivity index (χ0n) is 13.1. The van der Waals surface area contributed by atoms with Gasteiger partial charge < -0.3 is 10.6 Å². The molecule has 1 fully saturated rings. The van der Waals surface area contributed by atoms with Crippen LogP contribution in [0.3, 0.4) is 0 Å². The SMILES string of the molecule is Cc1ccc(NS(=O)(=O)c2cc(N)ccc2N2CCCC2)cc1. The van der Waals surface area contributed by atoms with E-state index in [1.54, 1.807) is 24.3 Å². The van der Waals surface area contributed by atoms with Crippen LogP contribution >= 0.6 is 0 Å². The first kappa shape index (κ1) is 15.7. The number of benzene rings is 2. The molecule has 0 aliphatic carbocycles. The van der Waals surface area contributed by atoms with Crippen LogP contribution in [0.15, 0.2) is 47.4 Å². The van der Waals surface area contributed by atoms with E-state index in [-0.39, 0.29) is 4.90 Å². The van der Waals surface area contributed by atoms with Crippen molar-refractivity contribution in [2.24, 2.45) is 0 Å². The number of rotatable bonds is 4. The van der Waals surface area contributed by atoms with Gasteiger partial charge in [-0.3, -0.25) is 4.72 Å². The molecule has 3 N–H and O–H groups in total. The molecule has 6 heteroatoms. The first-order valence-corrected chi connectivity index (χ1v) is 9.18. The Bertz CT molecular complexity index is 795. The van der Waals surface area contributed by atoms with Crippen molar-refractivity contribution in [2.45, 2.75) is 24.7 Å². The second-order valence-electron chi connectivity index (χ2n) is 5.89. The molecule has 0 atom stereocenters. The third-order valence-electron chi connectivity index (χ3n) is 4.02. The van der Waals surface area contributed by atoms with Gasteiger partial charge in [0, 0.05) is 24.5 Å². The van der Waals surface area contributed by atoms with Crippen molar-refractivity contribution in [1.82, 2.24) is 0 Å². The molecule has 0 aromatic heterocycles. The molecule has 0 saturated carbocycles. The highest BCUT2D eigenvalue weighted by atomic mass is 32.2. The van der Waals surface area contributed by atoms with Crippen LogP contribution in [-0.4, -0.2) is 21.5 Å². The largest absolute Gasteiger partial charge is 0.399 e. The third-order valence-corrected chi connectivity index (χ3v) is 5.43. The molecule has 1 aliphatic rings. The quantitative estimate of drug-likeness (QED) is 0.845. The summed E-state index contributed by atoms with van der Waals surface area (Å²) in [6.45, 7) is 3.70. The highest BCUT2D eigenvalue weighted by molar-refractivity contribution is 7.92. The average Bonchev–Trinajstić information content (AvgIpc) is 3.03. The summed E-state index contributed by atoms with van der Waals surface area (Å²) in [4.78, 5) is 2.34. The van der Waals surface area contributed by atoms with Crippen LogP contribution in [0, 0.1) is 6.92 Å². The van der Waals surface area contributed by atoms with E-state index in [1.165, 1.54) is 6.07 Å². The Labute approximate surface area is 137 Å². The molecule has 0 amide bonds. The van der Waals surface area contributed by atoms with Crippen LogP contribution in [0.25, 0.3) is 0 Å². The smallest absolute Gasteiger partial charge is 0.264 e. The Morgan fingerprint density at radius 2 is 1.70 bits per heavy atom. The molecule has 0 radical (unpaired) electrons. The van der Waals surface area contributed by atoms with Gasteiger partial charge in [-0.25, -0.2) is 8.42 Å². The molecule has 3 rings (SSSR count). The van der Waals surface area contributed by atoms with Crippen LogP contribution in [0.2, 0.25) is 0 Å². The normalized spacial score (nSPS) is 14.9. The fourth-order valence-corrected chi connectivity index (χ4v) is 4.12. The molecule has 1 saturated heterocycles. The van der Waals surface area contributed by atoms with Gasteiger partial charge in [-0.2, -0.15) is 0 Å². The number of nitrogens with two attached hydrogens (primary N) is 1. The van der Waals surface area contributed by atoms with Crippen molar-refractivity contribution in [1.29, 1.82) is 0 Å². The van der Waals surface area contributed by atoms with Crippen molar-refractivity contribution in [3.8, 4) is 0 Å². The Balaban J connectivity index is 1.98. The van der Waals surface area contributed by atoms with Gasteiger partial charge in [0.25, 0.3) is 10.0 Å². The van der Waals surface area contributed by atoms with Gasteiger partial charge in [-0.1, -0.05) is 17.7 Å². The van der Waals surface area contributed by atoms with Gasteiger partial charge in [0.05, 0.1) is 5.69 Å². The lowest BCUT2D eigenvalue weighted by atomic mass is 10.2. The Hall–Kier alpha value is -2.21. The number of nitrogens with zero attached hydrogens (tertiary/aromatic N) is 1. The minimum absolute atomic E-state index is 0.236. The first-order valence-electron chi connectivity index (χ1n) is 7.70. The van der Waals surface area contributed by atoms with Crippen molar-refractivity contribution >= 4 is 27.1 Å². The summed E-state index contributed by atoms with van der Waals surface area (Å²) >= 11 is 0. The predicted octanol–water partition coefficient (Wildman–Crippen LogP) is 2.98. The van der Waals surface area contributed by atoms with Crippen molar-refractivity contribution in [3.63, 3.8) is 0 Å². The average molecular weight is 331 g/mol. The van der Waals surface area contributed by atoms with Gasteiger partial charge in [0.2, 0.25) is 0 Å². The van der Waals surface area contributed by atoms with E-state index >= 15 is 0 Å². The van der Waals surface area contributed by atoms with Gasteiger partial charge in [-0.05, 0) is 50.1 Å². The Morgan fingerprint density at radius 1 is 1.04 bits per heavy atom. The van der Waals surface area contributed by atoms with Gasteiger partial charge in [0.15, 0.2) is 0 Å². The van der Waals surface area contributed by atoms with Gasteiger partial charge in [0.1, 0.15) is 4.90 Å². The summed E-state index contributed by atoms with van der Waals surface area (Å²) in [7, 11) is -3.69. The number of aryl methyl sites for hydroxylation is 1. The molecule has 1 heterocycles. The highest BCUT2D eigenvalue weighted by Crippen LogP contribution is 2.31. The predicted molar refractivity (Wildman–Crippen MR) is 94.3 cm³/mol. The summed E-state index contributed by atoms with van der Waals surface area (Å²) in [5.74, 6) is 0. The number of nitrogens with one attached hydrogen (secondary N) is 1. The second-order valence-corrected chi connectivity index (χ2v) is 7.54. The molecular formula is C17H21N3O2S. The van der Waals surface area contributed by atoms with Crippen LogP contribution in [-0.2, 0) is 10.0 Å². The molecule has 2 aromatic carbocycles. The van der Waals surface area contributed by atoms with E-state index in [1.807, 2.05) is 19.1 Å². The zero-order chi connectivity index (χ0) is 16.4. The van der Waals surface area contributed by atoms with E-state index < -0.39 is 10.0 Å². The number of anilines is 3. The number of hydrogen-bond donors (Lipinski definition) is 2. The maximum atomic E-state index is 12.8. The number of nitrogen functional groups attached to an aromatic ring is 1. The van der Waals surface area contributed by atoms with Crippen molar-refractivity contribution in [3.05, 3.63) is 48.0 Å². The summed E-state index contributed by atoms with van der Waals surface area (Å²) < 4.78 is 28.3. The maximum Gasteiger partial charge on any atom is 0.264 e. The van der Waals surface area contributed by atoms with Crippen LogP contribution in [0.5, 0.6) is 0 Å². The third kappa shape index (κ3) is 3.42. The Kier molecular flexibility index (Phi) is 4.17. The highest BCUT2D eigenvalue weighted by Gasteiger charge is 2.24. The number of hydrogen-bond acceptors (Lipinski definition) is 4. The van der Waals surface area contributed by atoms with Crippen LogP contribution < -0.4 is 15.4 Å². The summed E-state index contributed by atoms with van der Waals surface area (Å²) in [5.41, 5.74) is 8.61. The van der Waals surface area contributed by atoms with Crippen LogP contribution in [0.1, 0.15) is 18.4 Å². The lowest BCUT2D eigenvalue weighted by Gasteiger charge is -2.22. The minimum Gasteiger partial charge on any atom is -0.399 e. The van der Waals surface area contributed by atoms with Crippen molar-refractivity contribution < 1.29 is 8.42 Å². The molecule has 0 spiro atoms.